The molecule has 2 aromatic carbocycles. The van der Waals surface area contributed by atoms with Crippen LogP contribution < -0.4 is 5.32 Å². The van der Waals surface area contributed by atoms with Gasteiger partial charge >= 0.3 is 0 Å². The smallest absolute Gasteiger partial charge is 0.239 e. The molecule has 0 radical (unpaired) electrons. The first-order chi connectivity index (χ1) is 15.6. The Bertz CT molecular complexity index is 1010. The van der Waals surface area contributed by atoms with Gasteiger partial charge in [0, 0.05) is 21.1 Å². The number of hydrogen-bond donors (Lipinski definition) is 2. The van der Waals surface area contributed by atoms with Crippen LogP contribution in [0.15, 0.2) is 47.4 Å². The SMILES string of the molecule is Cc1ccc(S[C@]2(C(=O)NCC(C)C)CC(=O)N(C(C)C)[C@@H]2c2ccc(CO)cc2I)cc1. The summed E-state index contributed by atoms with van der Waals surface area (Å²) >= 11 is 3.74. The standard InChI is InChI=1S/C26H33IN2O3S/c1-16(2)14-28-25(32)26(33-20-9-6-18(5)7-10-20)13-23(31)29(17(3)4)24(26)21-11-8-19(15-30)12-22(21)27/h6-12,16-17,24,30H,13-15H2,1-5H3,(H,28,32)/t24-,26-/m1/s1. The molecule has 1 heterocycles. The molecule has 1 fully saturated rings. The molecule has 0 bridgehead atoms. The second-order valence-corrected chi connectivity index (χ2v) is 12.0. The number of aliphatic hydroxyl groups is 1. The third kappa shape index (κ3) is 5.57. The van der Waals surface area contributed by atoms with Crippen molar-refractivity contribution in [2.24, 2.45) is 5.92 Å². The molecule has 2 aromatic rings. The minimum Gasteiger partial charge on any atom is -0.392 e. The highest BCUT2D eigenvalue weighted by Crippen LogP contribution is 2.54. The average Bonchev–Trinajstić information content (AvgIpc) is 3.06. The van der Waals surface area contributed by atoms with E-state index in [0.29, 0.717) is 12.5 Å². The van der Waals surface area contributed by atoms with Gasteiger partial charge in [0.2, 0.25) is 11.8 Å². The fraction of sp³-hybridized carbons (Fsp3) is 0.462. The molecule has 0 unspecified atom stereocenters. The summed E-state index contributed by atoms with van der Waals surface area (Å²) in [7, 11) is 0. The number of aryl methyl sites for hydroxylation is 1. The Morgan fingerprint density at radius 1 is 1.21 bits per heavy atom. The number of nitrogens with one attached hydrogen (secondary N) is 1. The number of nitrogens with zero attached hydrogens (tertiary/aromatic N) is 1. The van der Waals surface area contributed by atoms with Crippen LogP contribution >= 0.6 is 34.4 Å². The van der Waals surface area contributed by atoms with E-state index >= 15 is 0 Å². The van der Waals surface area contributed by atoms with Crippen molar-refractivity contribution in [1.82, 2.24) is 10.2 Å². The number of amides is 2. The Morgan fingerprint density at radius 2 is 1.88 bits per heavy atom. The van der Waals surface area contributed by atoms with E-state index in [4.69, 9.17) is 0 Å². The van der Waals surface area contributed by atoms with Crippen molar-refractivity contribution in [1.29, 1.82) is 0 Å². The first-order valence-corrected chi connectivity index (χ1v) is 13.2. The van der Waals surface area contributed by atoms with Gasteiger partial charge < -0.3 is 15.3 Å². The Kier molecular flexibility index (Phi) is 8.50. The van der Waals surface area contributed by atoms with Crippen molar-refractivity contribution in [3.8, 4) is 0 Å². The first kappa shape index (κ1) is 26.0. The lowest BCUT2D eigenvalue weighted by atomic mass is 9.90. The maximum absolute atomic E-state index is 13.9. The summed E-state index contributed by atoms with van der Waals surface area (Å²) in [6.45, 7) is 10.7. The average molecular weight is 581 g/mol. The van der Waals surface area contributed by atoms with E-state index in [2.05, 4.69) is 41.8 Å². The van der Waals surface area contributed by atoms with Crippen molar-refractivity contribution in [2.75, 3.05) is 6.54 Å². The van der Waals surface area contributed by atoms with Gasteiger partial charge in [-0.25, -0.2) is 0 Å². The predicted octanol–water partition coefficient (Wildman–Crippen LogP) is 5.08. The summed E-state index contributed by atoms with van der Waals surface area (Å²) in [5.41, 5.74) is 2.89. The maximum Gasteiger partial charge on any atom is 0.239 e. The van der Waals surface area contributed by atoms with Gasteiger partial charge in [0.15, 0.2) is 0 Å². The molecule has 2 amide bonds. The van der Waals surface area contributed by atoms with E-state index in [0.717, 1.165) is 25.2 Å². The topological polar surface area (TPSA) is 69.6 Å². The molecule has 2 atom stereocenters. The molecule has 2 N–H and O–H groups in total. The van der Waals surface area contributed by atoms with E-state index in [-0.39, 0.29) is 30.9 Å². The Hall–Kier alpha value is -1.58. The lowest BCUT2D eigenvalue weighted by Crippen LogP contribution is -2.50. The summed E-state index contributed by atoms with van der Waals surface area (Å²) in [5, 5.41) is 12.7. The molecule has 1 aliphatic heterocycles. The van der Waals surface area contributed by atoms with Crippen LogP contribution in [0.3, 0.4) is 0 Å². The van der Waals surface area contributed by atoms with Gasteiger partial charge in [-0.05, 0) is 78.6 Å². The molecule has 33 heavy (non-hydrogen) atoms. The van der Waals surface area contributed by atoms with Crippen LogP contribution in [0, 0.1) is 16.4 Å². The minimum atomic E-state index is -1.01. The van der Waals surface area contributed by atoms with Crippen LogP contribution in [-0.4, -0.2) is 39.2 Å². The van der Waals surface area contributed by atoms with E-state index in [1.54, 1.807) is 0 Å². The summed E-state index contributed by atoms with van der Waals surface area (Å²) in [6.07, 6.45) is 0.135. The zero-order chi connectivity index (χ0) is 24.3. The summed E-state index contributed by atoms with van der Waals surface area (Å²) < 4.78 is -0.0679. The Morgan fingerprint density at radius 3 is 2.42 bits per heavy atom. The van der Waals surface area contributed by atoms with Crippen molar-refractivity contribution < 1.29 is 14.7 Å². The number of likely N-dealkylation sites (tertiary alicyclic amines) is 1. The number of rotatable bonds is 8. The van der Waals surface area contributed by atoms with Crippen molar-refractivity contribution in [3.05, 3.63) is 62.7 Å². The van der Waals surface area contributed by atoms with Crippen LogP contribution in [0.4, 0.5) is 0 Å². The third-order valence-electron chi connectivity index (χ3n) is 5.90. The highest BCUT2D eigenvalue weighted by Gasteiger charge is 2.59. The molecule has 178 valence electrons. The van der Waals surface area contributed by atoms with Crippen molar-refractivity contribution >= 4 is 46.2 Å². The fourth-order valence-corrected chi connectivity index (χ4v) is 6.55. The van der Waals surface area contributed by atoms with E-state index in [1.807, 2.05) is 68.1 Å². The van der Waals surface area contributed by atoms with Crippen molar-refractivity contribution in [3.63, 3.8) is 0 Å². The lowest BCUT2D eigenvalue weighted by molar-refractivity contribution is -0.130. The highest BCUT2D eigenvalue weighted by atomic mass is 127. The van der Waals surface area contributed by atoms with Crippen LogP contribution in [0.1, 0.15) is 56.8 Å². The highest BCUT2D eigenvalue weighted by molar-refractivity contribution is 14.1. The number of carbonyl (C=O) groups excluding carboxylic acids is 2. The molecule has 5 nitrogen and oxygen atoms in total. The number of carbonyl (C=O) groups is 2. The normalized spacial score (nSPS) is 20.7. The second-order valence-electron chi connectivity index (χ2n) is 9.40. The molecule has 0 saturated carbocycles. The summed E-state index contributed by atoms with van der Waals surface area (Å²) in [4.78, 5) is 30.2. The quantitative estimate of drug-likeness (QED) is 0.428. The van der Waals surface area contributed by atoms with Gasteiger partial charge in [0.25, 0.3) is 0 Å². The number of thioether (sulfide) groups is 1. The van der Waals surface area contributed by atoms with Gasteiger partial charge in [-0.1, -0.05) is 43.7 Å². The molecular formula is C26H33IN2O3S. The Labute approximate surface area is 214 Å². The van der Waals surface area contributed by atoms with Crippen LogP contribution in [0.25, 0.3) is 0 Å². The lowest BCUT2D eigenvalue weighted by Gasteiger charge is -2.39. The molecule has 0 spiro atoms. The third-order valence-corrected chi connectivity index (χ3v) is 8.26. The van der Waals surface area contributed by atoms with Crippen LogP contribution in [0.2, 0.25) is 0 Å². The van der Waals surface area contributed by atoms with Gasteiger partial charge in [-0.2, -0.15) is 0 Å². The molecule has 3 rings (SSSR count). The van der Waals surface area contributed by atoms with Crippen LogP contribution in [-0.2, 0) is 16.2 Å². The van der Waals surface area contributed by atoms with E-state index in [1.165, 1.54) is 11.8 Å². The van der Waals surface area contributed by atoms with E-state index < -0.39 is 10.8 Å². The van der Waals surface area contributed by atoms with Gasteiger partial charge in [0.05, 0.1) is 19.1 Å². The zero-order valence-electron chi connectivity index (χ0n) is 19.9. The van der Waals surface area contributed by atoms with Gasteiger partial charge in [0.1, 0.15) is 4.75 Å². The first-order valence-electron chi connectivity index (χ1n) is 11.3. The fourth-order valence-electron chi connectivity index (χ4n) is 4.26. The molecule has 7 heteroatoms. The molecular weight excluding hydrogens is 547 g/mol. The predicted molar refractivity (Wildman–Crippen MR) is 142 cm³/mol. The number of aliphatic hydroxyl groups excluding tert-OH is 1. The number of benzene rings is 2. The summed E-state index contributed by atoms with van der Waals surface area (Å²) in [6, 6.07) is 13.4. The molecule has 1 aliphatic rings. The zero-order valence-corrected chi connectivity index (χ0v) is 22.9. The van der Waals surface area contributed by atoms with E-state index in [9.17, 15) is 14.7 Å². The number of hydrogen-bond acceptors (Lipinski definition) is 4. The van der Waals surface area contributed by atoms with Crippen LogP contribution in [0.5, 0.6) is 0 Å². The second kappa shape index (κ2) is 10.8. The molecule has 0 aromatic heterocycles. The number of halogens is 1. The van der Waals surface area contributed by atoms with Crippen molar-refractivity contribution in [2.45, 2.75) is 69.4 Å². The largest absolute Gasteiger partial charge is 0.392 e. The van der Waals surface area contributed by atoms with Gasteiger partial charge in [-0.3, -0.25) is 9.59 Å². The molecule has 1 saturated heterocycles. The summed E-state index contributed by atoms with van der Waals surface area (Å²) in [5.74, 6) is 0.178. The van der Waals surface area contributed by atoms with Gasteiger partial charge in [-0.15, -0.1) is 11.8 Å². The minimum absolute atomic E-state index is 0.0173. The monoisotopic (exact) mass is 580 g/mol. The Balaban J connectivity index is 2.19. The molecule has 0 aliphatic carbocycles. The maximum atomic E-state index is 13.9.